The van der Waals surface area contributed by atoms with Crippen molar-refractivity contribution in [2.45, 2.75) is 13.0 Å². The van der Waals surface area contributed by atoms with Crippen LogP contribution in [0.4, 0.5) is 0 Å². The third-order valence-corrected chi connectivity index (χ3v) is 4.70. The minimum atomic E-state index is 0.313. The third-order valence-electron chi connectivity index (χ3n) is 4.70. The second kappa shape index (κ2) is 4.62. The van der Waals surface area contributed by atoms with E-state index in [0.717, 1.165) is 35.6 Å². The molecule has 4 heteroatoms. The molecule has 3 aromatic rings. The molecule has 2 aliphatic heterocycles. The lowest BCUT2D eigenvalue weighted by Crippen LogP contribution is -2.40. The van der Waals surface area contributed by atoms with Crippen molar-refractivity contribution in [3.8, 4) is 28.5 Å². The van der Waals surface area contributed by atoms with E-state index in [-0.39, 0.29) is 0 Å². The Morgan fingerprint density at radius 3 is 2.83 bits per heavy atom. The molecule has 1 aromatic heterocycles. The molecule has 0 saturated carbocycles. The van der Waals surface area contributed by atoms with Crippen molar-refractivity contribution in [1.82, 2.24) is 0 Å². The predicted molar refractivity (Wildman–Crippen MR) is 86.0 cm³/mol. The fourth-order valence-corrected chi connectivity index (χ4v) is 3.55. The molecule has 0 amide bonds. The zero-order valence-corrected chi connectivity index (χ0v) is 12.8. The average molecular weight is 306 g/mol. The molecule has 0 atom stereocenters. The quantitative estimate of drug-likeness (QED) is 0.648. The first-order chi connectivity index (χ1) is 11.3. The highest BCUT2D eigenvalue weighted by Crippen LogP contribution is 2.40. The number of aromatic nitrogens is 1. The lowest BCUT2D eigenvalue weighted by atomic mass is 9.95. The Kier molecular flexibility index (Phi) is 2.56. The van der Waals surface area contributed by atoms with E-state index in [1.807, 2.05) is 12.1 Å². The first-order valence-corrected chi connectivity index (χ1v) is 7.76. The molecule has 2 aromatic carbocycles. The maximum Gasteiger partial charge on any atom is 0.231 e. The predicted octanol–water partition coefficient (Wildman–Crippen LogP) is 3.09. The Balaban J connectivity index is 1.77. The summed E-state index contributed by atoms with van der Waals surface area (Å²) in [6.45, 7) is 1.27. The Morgan fingerprint density at radius 1 is 1.09 bits per heavy atom. The van der Waals surface area contributed by atoms with Gasteiger partial charge in [0.05, 0.1) is 18.1 Å². The van der Waals surface area contributed by atoms with E-state index in [0.29, 0.717) is 6.79 Å². The van der Waals surface area contributed by atoms with Gasteiger partial charge in [0, 0.05) is 12.5 Å². The number of fused-ring (bicyclic) bond motifs is 5. The number of nitrogens with zero attached hydrogens (tertiary/aromatic N) is 1. The van der Waals surface area contributed by atoms with Gasteiger partial charge in [0.15, 0.2) is 24.2 Å². The lowest BCUT2D eigenvalue weighted by molar-refractivity contribution is -0.686. The fraction of sp³-hybridized carbons (Fsp3) is 0.211. The molecule has 114 valence electrons. The normalized spacial score (nSPS) is 14.5. The largest absolute Gasteiger partial charge is 0.496 e. The molecule has 3 heterocycles. The Morgan fingerprint density at radius 2 is 1.96 bits per heavy atom. The summed E-state index contributed by atoms with van der Waals surface area (Å²) < 4.78 is 18.9. The van der Waals surface area contributed by atoms with Gasteiger partial charge in [0.2, 0.25) is 12.5 Å². The molecule has 0 unspecified atom stereocenters. The van der Waals surface area contributed by atoms with Crippen LogP contribution < -0.4 is 18.8 Å². The summed E-state index contributed by atoms with van der Waals surface area (Å²) in [5.41, 5.74) is 3.76. The molecular formula is C19H16NO3+. The number of pyridine rings is 1. The number of hydrogen-bond acceptors (Lipinski definition) is 3. The van der Waals surface area contributed by atoms with Gasteiger partial charge >= 0.3 is 0 Å². The third kappa shape index (κ3) is 1.81. The van der Waals surface area contributed by atoms with Crippen LogP contribution in [0.25, 0.3) is 22.0 Å². The van der Waals surface area contributed by atoms with Gasteiger partial charge in [-0.3, -0.25) is 0 Å². The van der Waals surface area contributed by atoms with E-state index in [4.69, 9.17) is 14.2 Å². The molecular weight excluding hydrogens is 290 g/mol. The van der Waals surface area contributed by atoms with Crippen molar-refractivity contribution in [2.24, 2.45) is 0 Å². The average Bonchev–Trinajstić information content (AvgIpc) is 3.05. The van der Waals surface area contributed by atoms with Gasteiger partial charge < -0.3 is 14.2 Å². The maximum atomic E-state index is 5.55. The summed E-state index contributed by atoms with van der Waals surface area (Å²) in [7, 11) is 1.72. The Bertz CT molecular complexity index is 949. The maximum absolute atomic E-state index is 5.55. The molecule has 0 aliphatic carbocycles. The number of ether oxygens (including phenoxy) is 3. The Labute approximate surface area is 133 Å². The van der Waals surface area contributed by atoms with Crippen LogP contribution in [0.15, 0.2) is 42.6 Å². The topological polar surface area (TPSA) is 31.6 Å². The van der Waals surface area contributed by atoms with E-state index >= 15 is 0 Å². The van der Waals surface area contributed by atoms with Gasteiger partial charge in [-0.15, -0.1) is 0 Å². The number of benzene rings is 2. The first kappa shape index (κ1) is 12.8. The van der Waals surface area contributed by atoms with E-state index in [2.05, 4.69) is 35.0 Å². The van der Waals surface area contributed by atoms with Crippen LogP contribution in [0.1, 0.15) is 5.56 Å². The van der Waals surface area contributed by atoms with Crippen molar-refractivity contribution < 1.29 is 18.8 Å². The van der Waals surface area contributed by atoms with Crippen LogP contribution >= 0.6 is 0 Å². The molecule has 23 heavy (non-hydrogen) atoms. The second-order valence-corrected chi connectivity index (χ2v) is 5.93. The van der Waals surface area contributed by atoms with Gasteiger partial charge in [0.25, 0.3) is 0 Å². The molecule has 4 nitrogen and oxygen atoms in total. The summed E-state index contributed by atoms with van der Waals surface area (Å²) in [4.78, 5) is 0. The smallest absolute Gasteiger partial charge is 0.231 e. The van der Waals surface area contributed by atoms with Crippen LogP contribution in [0.3, 0.4) is 0 Å². The van der Waals surface area contributed by atoms with Crippen molar-refractivity contribution >= 4 is 10.8 Å². The highest BCUT2D eigenvalue weighted by molar-refractivity contribution is 5.89. The zero-order valence-electron chi connectivity index (χ0n) is 12.8. The van der Waals surface area contributed by atoms with Crippen molar-refractivity contribution in [2.75, 3.05) is 13.9 Å². The molecule has 0 saturated heterocycles. The van der Waals surface area contributed by atoms with Crippen LogP contribution in [-0.4, -0.2) is 13.9 Å². The van der Waals surface area contributed by atoms with E-state index < -0.39 is 0 Å². The number of rotatable bonds is 1. The molecule has 0 N–H and O–H groups in total. The molecule has 0 bridgehead atoms. The van der Waals surface area contributed by atoms with Gasteiger partial charge in [-0.1, -0.05) is 12.1 Å². The minimum absolute atomic E-state index is 0.313. The van der Waals surface area contributed by atoms with Gasteiger partial charge in [-0.05, 0) is 29.1 Å². The zero-order chi connectivity index (χ0) is 15.4. The number of methoxy groups -OCH3 is 1. The lowest BCUT2D eigenvalue weighted by Gasteiger charge is -2.16. The van der Waals surface area contributed by atoms with Gasteiger partial charge in [0.1, 0.15) is 5.75 Å². The van der Waals surface area contributed by atoms with Crippen LogP contribution in [0.5, 0.6) is 17.2 Å². The number of hydrogen-bond donors (Lipinski definition) is 0. The minimum Gasteiger partial charge on any atom is -0.496 e. The highest BCUT2D eigenvalue weighted by Gasteiger charge is 2.27. The molecule has 0 radical (unpaired) electrons. The summed E-state index contributed by atoms with van der Waals surface area (Å²) in [6.07, 6.45) is 3.18. The highest BCUT2D eigenvalue weighted by atomic mass is 16.7. The molecule has 0 fully saturated rings. The second-order valence-electron chi connectivity index (χ2n) is 5.93. The van der Waals surface area contributed by atoms with Crippen molar-refractivity contribution in [3.05, 3.63) is 48.2 Å². The van der Waals surface area contributed by atoms with Gasteiger partial charge in [-0.2, -0.15) is 4.57 Å². The Hall–Kier alpha value is -2.75. The standard InChI is InChI=1S/C19H16NO3/c1-21-17-4-2-3-12-7-16-14-9-19-18(22-11-23-19)8-13(14)5-6-20(16)10-15(12)17/h2-4,7-10H,5-6,11H2,1H3/q+1. The van der Waals surface area contributed by atoms with Crippen LogP contribution in [0, 0.1) is 0 Å². The van der Waals surface area contributed by atoms with E-state index in [1.54, 1.807) is 7.11 Å². The summed E-state index contributed by atoms with van der Waals surface area (Å²) in [6, 6.07) is 12.6. The molecule has 5 rings (SSSR count). The number of aryl methyl sites for hydroxylation is 2. The van der Waals surface area contributed by atoms with Crippen molar-refractivity contribution in [3.63, 3.8) is 0 Å². The first-order valence-electron chi connectivity index (χ1n) is 7.76. The van der Waals surface area contributed by atoms with Crippen LogP contribution in [-0.2, 0) is 13.0 Å². The summed E-state index contributed by atoms with van der Waals surface area (Å²) in [5.74, 6) is 2.61. The van der Waals surface area contributed by atoms with E-state index in [9.17, 15) is 0 Å². The fourth-order valence-electron chi connectivity index (χ4n) is 3.55. The van der Waals surface area contributed by atoms with Gasteiger partial charge in [-0.25, -0.2) is 0 Å². The SMILES string of the molecule is COc1cccc2cc3[n+](cc12)CCc1cc2c(cc1-3)OCO2. The monoisotopic (exact) mass is 306 g/mol. The van der Waals surface area contributed by atoms with Crippen molar-refractivity contribution in [1.29, 1.82) is 0 Å². The summed E-state index contributed by atoms with van der Waals surface area (Å²) >= 11 is 0. The summed E-state index contributed by atoms with van der Waals surface area (Å²) in [5, 5.41) is 2.32. The molecule has 2 aliphatic rings. The van der Waals surface area contributed by atoms with Crippen LogP contribution in [0.2, 0.25) is 0 Å². The van der Waals surface area contributed by atoms with E-state index in [1.165, 1.54) is 22.2 Å². The molecule has 0 spiro atoms.